The van der Waals surface area contributed by atoms with Gasteiger partial charge in [0.1, 0.15) is 0 Å². The van der Waals surface area contributed by atoms with Crippen molar-refractivity contribution >= 4 is 39.0 Å². The largest absolute Gasteiger partial charge is 0.307 e. The Morgan fingerprint density at radius 1 is 1.14 bits per heavy atom. The number of aromatic nitrogens is 1. The SMILES string of the molecule is O=c1[nH]c2c(s1)C(c1ccc(Br)cc1)C1C3CCC(C3)C1S2. The number of hydrogen-bond donors (Lipinski definition) is 1. The summed E-state index contributed by atoms with van der Waals surface area (Å²) in [6, 6.07) is 8.74. The fraction of sp³-hybridized carbons (Fsp3) is 0.471. The summed E-state index contributed by atoms with van der Waals surface area (Å²) in [6.45, 7) is 0. The van der Waals surface area contributed by atoms with Gasteiger partial charge in [0.15, 0.2) is 0 Å². The molecule has 2 aromatic rings. The molecule has 3 aliphatic rings. The molecule has 2 fully saturated rings. The first kappa shape index (κ1) is 13.9. The van der Waals surface area contributed by atoms with Crippen LogP contribution in [0.4, 0.5) is 0 Å². The van der Waals surface area contributed by atoms with Gasteiger partial charge in [0, 0.05) is 20.5 Å². The van der Waals surface area contributed by atoms with Gasteiger partial charge in [-0.15, -0.1) is 11.8 Å². The number of H-pyrrole nitrogens is 1. The minimum Gasteiger partial charge on any atom is -0.307 e. The van der Waals surface area contributed by atoms with Gasteiger partial charge < -0.3 is 4.98 Å². The summed E-state index contributed by atoms with van der Waals surface area (Å²) in [5.41, 5.74) is 1.38. The molecule has 1 N–H and O–H groups in total. The molecule has 0 radical (unpaired) electrons. The fourth-order valence-electron chi connectivity index (χ4n) is 4.89. The average Bonchev–Trinajstić information content (AvgIpc) is 3.19. The molecule has 0 spiro atoms. The first-order valence-corrected chi connectivity index (χ1v) is 10.3. The quantitative estimate of drug-likeness (QED) is 0.750. The molecule has 2 heterocycles. The molecule has 2 aliphatic carbocycles. The summed E-state index contributed by atoms with van der Waals surface area (Å²) >= 11 is 6.93. The van der Waals surface area contributed by atoms with E-state index >= 15 is 0 Å². The van der Waals surface area contributed by atoms with Crippen molar-refractivity contribution in [1.29, 1.82) is 0 Å². The van der Waals surface area contributed by atoms with Crippen LogP contribution in [-0.4, -0.2) is 10.2 Å². The number of thiazole rings is 1. The number of fused-ring (bicyclic) bond motifs is 6. The lowest BCUT2D eigenvalue weighted by Crippen LogP contribution is -2.33. The Labute approximate surface area is 145 Å². The first-order chi connectivity index (χ1) is 10.7. The van der Waals surface area contributed by atoms with Gasteiger partial charge in [-0.2, -0.15) is 0 Å². The number of rotatable bonds is 1. The second-order valence-corrected chi connectivity index (χ2v) is 9.85. The van der Waals surface area contributed by atoms with Crippen molar-refractivity contribution in [1.82, 2.24) is 4.98 Å². The first-order valence-electron chi connectivity index (χ1n) is 7.86. The Morgan fingerprint density at radius 3 is 2.73 bits per heavy atom. The Kier molecular flexibility index (Phi) is 3.15. The van der Waals surface area contributed by atoms with Crippen LogP contribution in [0.5, 0.6) is 0 Å². The van der Waals surface area contributed by atoms with E-state index in [0.717, 1.165) is 21.3 Å². The monoisotopic (exact) mass is 393 g/mol. The Bertz CT molecular complexity index is 781. The molecule has 0 saturated heterocycles. The van der Waals surface area contributed by atoms with Gasteiger partial charge in [-0.05, 0) is 54.7 Å². The standard InChI is InChI=1S/C17H16BrNOS2/c18-11-5-3-8(4-6-11)12-13-9-1-2-10(7-9)14(13)21-16-15(12)22-17(20)19-16/h3-6,9-10,12-14H,1-2,7H2,(H,19,20). The number of halogens is 1. The highest BCUT2D eigenvalue weighted by molar-refractivity contribution is 9.10. The van der Waals surface area contributed by atoms with Crippen LogP contribution in [0.15, 0.2) is 38.6 Å². The van der Waals surface area contributed by atoms with Crippen molar-refractivity contribution in [3.8, 4) is 0 Å². The number of benzene rings is 1. The molecule has 114 valence electrons. The molecule has 2 nitrogen and oxygen atoms in total. The molecule has 5 rings (SSSR count). The molecule has 22 heavy (non-hydrogen) atoms. The van der Waals surface area contributed by atoms with Crippen molar-refractivity contribution in [3.63, 3.8) is 0 Å². The lowest BCUT2D eigenvalue weighted by molar-refractivity contribution is 0.307. The van der Waals surface area contributed by atoms with Crippen molar-refractivity contribution < 1.29 is 0 Å². The van der Waals surface area contributed by atoms with Gasteiger partial charge in [-0.25, -0.2) is 0 Å². The second-order valence-electron chi connectivity index (χ2n) is 6.73. The van der Waals surface area contributed by atoms with Gasteiger partial charge in [-0.3, -0.25) is 4.79 Å². The zero-order valence-corrected chi connectivity index (χ0v) is 15.1. The van der Waals surface area contributed by atoms with Crippen LogP contribution < -0.4 is 4.87 Å². The molecule has 5 heteroatoms. The van der Waals surface area contributed by atoms with Crippen LogP contribution >= 0.6 is 39.0 Å². The van der Waals surface area contributed by atoms with Crippen molar-refractivity contribution in [3.05, 3.63) is 48.8 Å². The Hall–Kier alpha value is -0.520. The van der Waals surface area contributed by atoms with Gasteiger partial charge in [-0.1, -0.05) is 39.4 Å². The molecular formula is C17H16BrNOS2. The normalized spacial score (nSPS) is 35.4. The van der Waals surface area contributed by atoms with Crippen molar-refractivity contribution in [2.45, 2.75) is 35.5 Å². The topological polar surface area (TPSA) is 32.9 Å². The fourth-order valence-corrected chi connectivity index (χ4v) is 8.05. The van der Waals surface area contributed by atoms with Crippen LogP contribution in [0.3, 0.4) is 0 Å². The highest BCUT2D eigenvalue weighted by atomic mass is 79.9. The van der Waals surface area contributed by atoms with E-state index in [1.807, 2.05) is 11.8 Å². The van der Waals surface area contributed by atoms with Gasteiger partial charge >= 0.3 is 4.87 Å². The Morgan fingerprint density at radius 2 is 1.91 bits per heavy atom. The number of nitrogens with one attached hydrogen (secondary N) is 1. The summed E-state index contributed by atoms with van der Waals surface area (Å²) in [5.74, 6) is 2.83. The number of thioether (sulfide) groups is 1. The Balaban J connectivity index is 1.68. The van der Waals surface area contributed by atoms with E-state index in [-0.39, 0.29) is 4.87 Å². The van der Waals surface area contributed by atoms with E-state index < -0.39 is 0 Å². The minimum atomic E-state index is 0.104. The summed E-state index contributed by atoms with van der Waals surface area (Å²) in [4.78, 5) is 16.4. The highest BCUT2D eigenvalue weighted by Crippen LogP contribution is 2.63. The predicted octanol–water partition coefficient (Wildman–Crippen LogP) is 4.85. The van der Waals surface area contributed by atoms with Crippen LogP contribution in [0, 0.1) is 17.8 Å². The second kappa shape index (κ2) is 4.99. The van der Waals surface area contributed by atoms with Gasteiger partial charge in [0.2, 0.25) is 0 Å². The molecule has 1 aliphatic heterocycles. The molecule has 1 aromatic heterocycles. The summed E-state index contributed by atoms with van der Waals surface area (Å²) in [5, 5.41) is 1.85. The molecule has 1 aromatic carbocycles. The van der Waals surface area contributed by atoms with E-state index in [4.69, 9.17) is 0 Å². The van der Waals surface area contributed by atoms with Gasteiger partial charge in [0.25, 0.3) is 0 Å². The van der Waals surface area contributed by atoms with E-state index in [2.05, 4.69) is 45.2 Å². The third-order valence-corrected chi connectivity index (χ3v) is 8.85. The molecule has 0 amide bonds. The third-order valence-electron chi connectivity index (χ3n) is 5.69. The summed E-state index contributed by atoms with van der Waals surface area (Å²) in [6.07, 6.45) is 4.16. The van der Waals surface area contributed by atoms with Crippen LogP contribution in [-0.2, 0) is 0 Å². The van der Waals surface area contributed by atoms with Gasteiger partial charge in [0.05, 0.1) is 5.03 Å². The highest BCUT2D eigenvalue weighted by Gasteiger charge is 2.54. The lowest BCUT2D eigenvalue weighted by Gasteiger charge is -2.40. The summed E-state index contributed by atoms with van der Waals surface area (Å²) < 4.78 is 1.12. The smallest absolute Gasteiger partial charge is 0.305 e. The van der Waals surface area contributed by atoms with Crippen molar-refractivity contribution in [2.75, 3.05) is 0 Å². The zero-order chi connectivity index (χ0) is 14.8. The zero-order valence-electron chi connectivity index (χ0n) is 11.9. The van der Waals surface area contributed by atoms with E-state index in [1.54, 1.807) is 0 Å². The number of aromatic amines is 1. The average molecular weight is 394 g/mol. The van der Waals surface area contributed by atoms with Crippen molar-refractivity contribution in [2.24, 2.45) is 17.8 Å². The molecule has 5 unspecified atom stereocenters. The van der Waals surface area contributed by atoms with Crippen LogP contribution in [0.1, 0.15) is 35.6 Å². The maximum absolute atomic E-state index is 11.9. The van der Waals surface area contributed by atoms with Crippen LogP contribution in [0.25, 0.3) is 0 Å². The van der Waals surface area contributed by atoms with Crippen LogP contribution in [0.2, 0.25) is 0 Å². The van der Waals surface area contributed by atoms with E-state index in [0.29, 0.717) is 17.1 Å². The molecular weight excluding hydrogens is 378 g/mol. The molecule has 5 atom stereocenters. The maximum Gasteiger partial charge on any atom is 0.305 e. The predicted molar refractivity (Wildman–Crippen MR) is 94.9 cm³/mol. The lowest BCUT2D eigenvalue weighted by atomic mass is 9.75. The van der Waals surface area contributed by atoms with E-state index in [1.165, 1.54) is 41.0 Å². The third kappa shape index (κ3) is 1.95. The number of hydrogen-bond acceptors (Lipinski definition) is 3. The molecule has 2 saturated carbocycles. The molecule has 2 bridgehead atoms. The van der Waals surface area contributed by atoms with E-state index in [9.17, 15) is 4.79 Å². The minimum absolute atomic E-state index is 0.104. The summed E-state index contributed by atoms with van der Waals surface area (Å²) in [7, 11) is 0. The maximum atomic E-state index is 11.9.